The van der Waals surface area contributed by atoms with Crippen molar-refractivity contribution in [2.24, 2.45) is 0 Å². The molecule has 1 aromatic rings. The maximum absolute atomic E-state index is 12.9. The number of urea groups is 1. The molecule has 0 saturated carbocycles. The van der Waals surface area contributed by atoms with Crippen LogP contribution in [0.15, 0.2) is 24.3 Å². The van der Waals surface area contributed by atoms with Gasteiger partial charge in [0, 0.05) is 19.6 Å². The molecule has 1 aromatic carbocycles. The standard InChI is InChI=1S/C14H16F3N3O2/c1-19(9-12(21)20-7-6-18-13(20)22)8-10-4-2-3-5-11(10)14(15,16)17/h2-5H,6-9H2,1H3,(H,18,22). The Morgan fingerprint density at radius 3 is 2.64 bits per heavy atom. The third-order valence-electron chi connectivity index (χ3n) is 3.33. The number of hydrogen-bond acceptors (Lipinski definition) is 3. The molecule has 0 atom stereocenters. The van der Waals surface area contributed by atoms with Gasteiger partial charge >= 0.3 is 12.2 Å². The maximum Gasteiger partial charge on any atom is 0.416 e. The molecule has 5 nitrogen and oxygen atoms in total. The third-order valence-corrected chi connectivity index (χ3v) is 3.33. The molecule has 1 aliphatic heterocycles. The first-order valence-electron chi connectivity index (χ1n) is 6.71. The number of benzene rings is 1. The van der Waals surface area contributed by atoms with E-state index >= 15 is 0 Å². The lowest BCUT2D eigenvalue weighted by atomic mass is 10.1. The molecule has 1 saturated heterocycles. The number of hydrogen-bond donors (Lipinski definition) is 1. The predicted octanol–water partition coefficient (Wildman–Crippen LogP) is 1.69. The Kier molecular flexibility index (Phi) is 4.70. The molecular weight excluding hydrogens is 299 g/mol. The van der Waals surface area contributed by atoms with Crippen molar-refractivity contribution in [2.45, 2.75) is 12.7 Å². The molecule has 8 heteroatoms. The van der Waals surface area contributed by atoms with Gasteiger partial charge in [0.05, 0.1) is 12.1 Å². The van der Waals surface area contributed by atoms with E-state index < -0.39 is 23.7 Å². The summed E-state index contributed by atoms with van der Waals surface area (Å²) in [6.45, 7) is 0.520. The van der Waals surface area contributed by atoms with Crippen molar-refractivity contribution in [3.8, 4) is 0 Å². The van der Waals surface area contributed by atoms with Gasteiger partial charge in [-0.15, -0.1) is 0 Å². The van der Waals surface area contributed by atoms with Crippen LogP contribution in [0.5, 0.6) is 0 Å². The van der Waals surface area contributed by atoms with Crippen molar-refractivity contribution in [1.29, 1.82) is 0 Å². The number of likely N-dealkylation sites (N-methyl/N-ethyl adjacent to an activating group) is 1. The van der Waals surface area contributed by atoms with E-state index in [1.54, 1.807) is 7.05 Å². The van der Waals surface area contributed by atoms with Gasteiger partial charge in [0.2, 0.25) is 5.91 Å². The van der Waals surface area contributed by atoms with E-state index in [1.165, 1.54) is 23.1 Å². The molecule has 22 heavy (non-hydrogen) atoms. The number of imide groups is 1. The van der Waals surface area contributed by atoms with Crippen LogP contribution >= 0.6 is 0 Å². The minimum absolute atomic E-state index is 0.0309. The van der Waals surface area contributed by atoms with Crippen LogP contribution in [0.4, 0.5) is 18.0 Å². The van der Waals surface area contributed by atoms with E-state index in [1.807, 2.05) is 0 Å². The molecule has 1 N–H and O–H groups in total. The fraction of sp³-hybridized carbons (Fsp3) is 0.429. The lowest BCUT2D eigenvalue weighted by molar-refractivity contribution is -0.138. The van der Waals surface area contributed by atoms with Crippen molar-refractivity contribution in [3.05, 3.63) is 35.4 Å². The van der Waals surface area contributed by atoms with Crippen molar-refractivity contribution in [1.82, 2.24) is 15.1 Å². The summed E-state index contributed by atoms with van der Waals surface area (Å²) in [5, 5.41) is 2.50. The number of nitrogens with zero attached hydrogens (tertiary/aromatic N) is 2. The third kappa shape index (κ3) is 3.76. The first kappa shape index (κ1) is 16.3. The van der Waals surface area contributed by atoms with Gasteiger partial charge in [0.15, 0.2) is 0 Å². The molecule has 0 spiro atoms. The Morgan fingerprint density at radius 2 is 2.05 bits per heavy atom. The minimum atomic E-state index is -4.43. The normalized spacial score (nSPS) is 15.3. The Hall–Kier alpha value is -2.09. The molecule has 0 aromatic heterocycles. The molecule has 0 aliphatic carbocycles. The van der Waals surface area contributed by atoms with Gasteiger partial charge in [0.25, 0.3) is 0 Å². The van der Waals surface area contributed by atoms with E-state index in [0.717, 1.165) is 11.0 Å². The van der Waals surface area contributed by atoms with Gasteiger partial charge in [-0.25, -0.2) is 4.79 Å². The number of carbonyl (C=O) groups excluding carboxylic acids is 2. The number of carbonyl (C=O) groups is 2. The molecule has 1 heterocycles. The van der Waals surface area contributed by atoms with Gasteiger partial charge in [-0.3, -0.25) is 14.6 Å². The minimum Gasteiger partial charge on any atom is -0.336 e. The van der Waals surface area contributed by atoms with Crippen LogP contribution in [-0.4, -0.2) is 48.4 Å². The molecule has 0 unspecified atom stereocenters. The average molecular weight is 315 g/mol. The van der Waals surface area contributed by atoms with E-state index in [2.05, 4.69) is 5.32 Å². The highest BCUT2D eigenvalue weighted by molar-refractivity contribution is 5.96. The van der Waals surface area contributed by atoms with Crippen molar-refractivity contribution >= 4 is 11.9 Å². The highest BCUT2D eigenvalue weighted by atomic mass is 19.4. The average Bonchev–Trinajstić information content (AvgIpc) is 2.84. The van der Waals surface area contributed by atoms with Gasteiger partial charge in [0.1, 0.15) is 0 Å². The van der Waals surface area contributed by atoms with Crippen LogP contribution < -0.4 is 5.32 Å². The first-order chi connectivity index (χ1) is 10.3. The van der Waals surface area contributed by atoms with E-state index in [9.17, 15) is 22.8 Å². The van der Waals surface area contributed by atoms with Crippen molar-refractivity contribution < 1.29 is 22.8 Å². The zero-order chi connectivity index (χ0) is 16.3. The molecule has 0 bridgehead atoms. The van der Waals surface area contributed by atoms with E-state index in [0.29, 0.717) is 6.54 Å². The molecule has 3 amide bonds. The zero-order valence-corrected chi connectivity index (χ0v) is 12.0. The van der Waals surface area contributed by atoms with Crippen LogP contribution in [0.1, 0.15) is 11.1 Å². The number of nitrogens with one attached hydrogen (secondary N) is 1. The summed E-state index contributed by atoms with van der Waals surface area (Å²) in [6, 6.07) is 4.78. The summed E-state index contributed by atoms with van der Waals surface area (Å²) >= 11 is 0. The summed E-state index contributed by atoms with van der Waals surface area (Å²) in [7, 11) is 1.54. The maximum atomic E-state index is 12.9. The zero-order valence-electron chi connectivity index (χ0n) is 12.0. The SMILES string of the molecule is CN(CC(=O)N1CCNC1=O)Cc1ccccc1C(F)(F)F. The van der Waals surface area contributed by atoms with Gasteiger partial charge < -0.3 is 5.32 Å². The quantitative estimate of drug-likeness (QED) is 0.920. The lowest BCUT2D eigenvalue weighted by Crippen LogP contribution is -2.40. The second kappa shape index (κ2) is 6.35. The lowest BCUT2D eigenvalue weighted by Gasteiger charge is -2.21. The molecule has 1 aliphatic rings. The van der Waals surface area contributed by atoms with Crippen LogP contribution in [0.3, 0.4) is 0 Å². The second-order valence-electron chi connectivity index (χ2n) is 5.10. The first-order valence-corrected chi connectivity index (χ1v) is 6.71. The van der Waals surface area contributed by atoms with Crippen LogP contribution in [0, 0.1) is 0 Å². The summed E-state index contributed by atoms with van der Waals surface area (Å²) in [4.78, 5) is 25.8. The van der Waals surface area contributed by atoms with Crippen LogP contribution in [0.2, 0.25) is 0 Å². The summed E-state index contributed by atoms with van der Waals surface area (Å²) in [5.41, 5.74) is -0.621. The number of amides is 3. The van der Waals surface area contributed by atoms with Gasteiger partial charge in [-0.05, 0) is 18.7 Å². The second-order valence-corrected chi connectivity index (χ2v) is 5.10. The predicted molar refractivity (Wildman–Crippen MR) is 72.9 cm³/mol. The van der Waals surface area contributed by atoms with Gasteiger partial charge in [-0.2, -0.15) is 13.2 Å². The topological polar surface area (TPSA) is 52.7 Å². The largest absolute Gasteiger partial charge is 0.416 e. The smallest absolute Gasteiger partial charge is 0.336 e. The Balaban J connectivity index is 2.02. The highest BCUT2D eigenvalue weighted by Gasteiger charge is 2.33. The van der Waals surface area contributed by atoms with Gasteiger partial charge in [-0.1, -0.05) is 18.2 Å². The Bertz CT molecular complexity index is 575. The molecule has 1 fully saturated rings. The van der Waals surface area contributed by atoms with E-state index in [4.69, 9.17) is 0 Å². The van der Waals surface area contributed by atoms with E-state index in [-0.39, 0.29) is 25.2 Å². The van der Waals surface area contributed by atoms with Crippen molar-refractivity contribution in [3.63, 3.8) is 0 Å². The fourth-order valence-electron chi connectivity index (χ4n) is 2.31. The Morgan fingerprint density at radius 1 is 1.36 bits per heavy atom. The number of rotatable bonds is 4. The molecular formula is C14H16F3N3O2. The molecule has 0 radical (unpaired) electrons. The summed E-state index contributed by atoms with van der Waals surface area (Å²) < 4.78 is 38.7. The summed E-state index contributed by atoms with van der Waals surface area (Å²) in [6.07, 6.45) is -4.43. The number of alkyl halides is 3. The van der Waals surface area contributed by atoms with Crippen LogP contribution in [-0.2, 0) is 17.5 Å². The Labute approximate surface area is 125 Å². The highest BCUT2D eigenvalue weighted by Crippen LogP contribution is 2.32. The van der Waals surface area contributed by atoms with Crippen molar-refractivity contribution in [2.75, 3.05) is 26.7 Å². The molecule has 2 rings (SSSR count). The number of halogens is 3. The fourth-order valence-corrected chi connectivity index (χ4v) is 2.31. The molecule has 120 valence electrons. The summed E-state index contributed by atoms with van der Waals surface area (Å²) in [5.74, 6) is -0.429. The van der Waals surface area contributed by atoms with Crippen LogP contribution in [0.25, 0.3) is 0 Å². The monoisotopic (exact) mass is 315 g/mol.